The molecule has 1 aromatic carbocycles. The molecule has 1 aliphatic heterocycles. The maximum atomic E-state index is 13.8. The minimum Gasteiger partial charge on any atom is -0.434 e. The van der Waals surface area contributed by atoms with E-state index in [1.165, 1.54) is 19.2 Å². The van der Waals surface area contributed by atoms with Crippen LogP contribution in [-0.2, 0) is 33.8 Å². The first-order valence-electron chi connectivity index (χ1n) is 17.0. The molecule has 2 heterocycles. The molecule has 1 aromatic heterocycles. The van der Waals surface area contributed by atoms with Crippen molar-refractivity contribution in [1.82, 2.24) is 9.97 Å². The summed E-state index contributed by atoms with van der Waals surface area (Å²) in [5, 5.41) is 0. The minimum atomic E-state index is -3.66. The monoisotopic (exact) mass is 711 g/mol. The van der Waals surface area contributed by atoms with Gasteiger partial charge in [0.15, 0.2) is 5.79 Å². The van der Waals surface area contributed by atoms with Crippen molar-refractivity contribution in [3.05, 3.63) is 47.4 Å². The predicted octanol–water partition coefficient (Wildman–Crippen LogP) is 8.53. The number of sulfonamides is 1. The number of hydrogen-bond donors (Lipinski definition) is 0. The molecular weight excluding hydrogens is 653 g/mol. The molecule has 11 nitrogen and oxygen atoms in total. The van der Waals surface area contributed by atoms with Crippen molar-refractivity contribution >= 4 is 34.2 Å². The Morgan fingerprint density at radius 2 is 1.59 bits per heavy atom. The van der Waals surface area contributed by atoms with Crippen molar-refractivity contribution in [2.24, 2.45) is 5.92 Å². The normalized spacial score (nSPS) is 16.8. The molecule has 0 unspecified atom stereocenters. The van der Waals surface area contributed by atoms with E-state index < -0.39 is 46.0 Å². The third-order valence-electron chi connectivity index (χ3n) is 6.39. The molecule has 0 spiro atoms. The van der Waals surface area contributed by atoms with E-state index in [4.69, 9.17) is 18.9 Å². The molecule has 2 aromatic rings. The van der Waals surface area contributed by atoms with Gasteiger partial charge in [0, 0.05) is 24.6 Å². The van der Waals surface area contributed by atoms with Crippen LogP contribution in [0.4, 0.5) is 15.1 Å². The summed E-state index contributed by atoms with van der Waals surface area (Å²) in [6.07, 6.45) is 2.51. The molecule has 2 atom stereocenters. The second-order valence-electron chi connectivity index (χ2n) is 11.6. The number of esters is 1. The summed E-state index contributed by atoms with van der Waals surface area (Å²) in [5.74, 6) is -2.33. The summed E-state index contributed by atoms with van der Waals surface area (Å²) in [7, 11) is -2.29. The van der Waals surface area contributed by atoms with Crippen LogP contribution in [0.15, 0.2) is 30.3 Å². The fourth-order valence-corrected chi connectivity index (χ4v) is 4.75. The van der Waals surface area contributed by atoms with E-state index in [0.29, 0.717) is 22.5 Å². The van der Waals surface area contributed by atoms with E-state index in [9.17, 15) is 22.4 Å². The van der Waals surface area contributed by atoms with Crippen LogP contribution in [0.25, 0.3) is 17.3 Å². The Bertz CT molecular complexity index is 1440. The predicted molar refractivity (Wildman–Crippen MR) is 193 cm³/mol. The van der Waals surface area contributed by atoms with E-state index in [0.717, 1.165) is 10.6 Å². The van der Waals surface area contributed by atoms with Gasteiger partial charge in [0.05, 0.1) is 42.9 Å². The van der Waals surface area contributed by atoms with Gasteiger partial charge in [-0.3, -0.25) is 4.79 Å². The third kappa shape index (κ3) is 15.3. The van der Waals surface area contributed by atoms with Crippen LogP contribution in [-0.4, -0.2) is 68.4 Å². The van der Waals surface area contributed by atoms with Crippen LogP contribution in [0.2, 0.25) is 0 Å². The lowest BCUT2D eigenvalue weighted by molar-refractivity contribution is -0.290. The topological polar surface area (TPSA) is 134 Å². The van der Waals surface area contributed by atoms with Crippen LogP contribution >= 0.6 is 0 Å². The number of rotatable bonds is 10. The summed E-state index contributed by atoms with van der Waals surface area (Å²) in [4.78, 5) is 33.4. The van der Waals surface area contributed by atoms with Crippen molar-refractivity contribution in [1.29, 1.82) is 0 Å². The second-order valence-corrected chi connectivity index (χ2v) is 13.6. The largest absolute Gasteiger partial charge is 0.516 e. The van der Waals surface area contributed by atoms with Crippen LogP contribution < -0.4 is 4.31 Å². The van der Waals surface area contributed by atoms with Gasteiger partial charge in [-0.2, -0.15) is 0 Å². The number of ether oxygens (including phenoxy) is 4. The zero-order chi connectivity index (χ0) is 38.1. The van der Waals surface area contributed by atoms with Crippen LogP contribution in [0.5, 0.6) is 0 Å². The van der Waals surface area contributed by atoms with Crippen LogP contribution in [0, 0.1) is 11.7 Å². The standard InChI is InChI=1S/C30H40FN3O8S.3C2H6/c1-18(2)17-39-29(36)40-25(35)16-23-15-22(41-30(5,6)42-23)13-14-24-26(19(3)4)32-28(34(7)43(8,37)38)33-27(24)20-9-11-21(31)12-10-20;3*1-2/h9-14,18-19,22-23H,15-17H2,1-8H3;3*1-2H3/b14-13+;;;/t22-,23-;;;/m1.../s1. The van der Waals surface area contributed by atoms with Crippen molar-refractivity contribution in [3.63, 3.8) is 0 Å². The summed E-state index contributed by atoms with van der Waals surface area (Å²) in [6.45, 7) is 23.1. The highest BCUT2D eigenvalue weighted by molar-refractivity contribution is 7.92. The third-order valence-corrected chi connectivity index (χ3v) is 7.55. The average Bonchev–Trinajstić information content (AvgIpc) is 3.04. The highest BCUT2D eigenvalue weighted by Gasteiger charge is 2.36. The van der Waals surface area contributed by atoms with Crippen molar-refractivity contribution in [3.8, 4) is 11.3 Å². The summed E-state index contributed by atoms with van der Waals surface area (Å²) in [6, 6.07) is 5.72. The Labute approximate surface area is 293 Å². The zero-order valence-corrected chi connectivity index (χ0v) is 32.6. The number of aromatic nitrogens is 2. The lowest BCUT2D eigenvalue weighted by Crippen LogP contribution is -2.44. The molecule has 1 saturated heterocycles. The van der Waals surface area contributed by atoms with Gasteiger partial charge < -0.3 is 18.9 Å². The van der Waals surface area contributed by atoms with Gasteiger partial charge in [0.2, 0.25) is 16.0 Å². The molecule has 3 rings (SSSR count). The van der Waals surface area contributed by atoms with Gasteiger partial charge in [0.1, 0.15) is 5.82 Å². The minimum absolute atomic E-state index is 0.0170. The number of halogens is 1. The molecular formula is C36H58FN3O8S. The number of hydrogen-bond acceptors (Lipinski definition) is 10. The Morgan fingerprint density at radius 3 is 2.10 bits per heavy atom. The first-order valence-corrected chi connectivity index (χ1v) is 18.8. The highest BCUT2D eigenvalue weighted by Crippen LogP contribution is 2.34. The molecule has 278 valence electrons. The smallest absolute Gasteiger partial charge is 0.434 e. The van der Waals surface area contributed by atoms with Crippen molar-refractivity contribution in [2.75, 3.05) is 24.2 Å². The Kier molecular flexibility index (Phi) is 20.1. The molecule has 13 heteroatoms. The number of anilines is 1. The second kappa shape index (κ2) is 21.6. The number of carbonyl (C=O) groups excluding carboxylic acids is 2. The highest BCUT2D eigenvalue weighted by atomic mass is 32.2. The number of benzene rings is 1. The average molecular weight is 712 g/mol. The molecule has 49 heavy (non-hydrogen) atoms. The van der Waals surface area contributed by atoms with Gasteiger partial charge in [-0.1, -0.05) is 81.4 Å². The fraction of sp³-hybridized carbons (Fsp3) is 0.611. The summed E-state index contributed by atoms with van der Waals surface area (Å²) in [5.41, 5.74) is 2.14. The molecule has 1 fully saturated rings. The Hall–Kier alpha value is -3.42. The van der Waals surface area contributed by atoms with Gasteiger partial charge in [-0.15, -0.1) is 0 Å². The maximum Gasteiger partial charge on any atom is 0.516 e. The first kappa shape index (κ1) is 45.6. The van der Waals surface area contributed by atoms with Gasteiger partial charge in [0.25, 0.3) is 0 Å². The first-order chi connectivity index (χ1) is 22.9. The SMILES string of the molecule is CC.CC.CC.CC(C)COC(=O)OC(=O)C[C@H]1C[C@@H](/C=C/c2c(-c3ccc(F)cc3)nc(N(C)S(C)(=O)=O)nc2C(C)C)OC(C)(C)O1. The lowest BCUT2D eigenvalue weighted by atomic mass is 9.97. The molecule has 0 bridgehead atoms. The van der Waals surface area contributed by atoms with Crippen LogP contribution in [0.1, 0.15) is 113 Å². The van der Waals surface area contributed by atoms with E-state index in [1.807, 2.05) is 69.2 Å². The van der Waals surface area contributed by atoms with Gasteiger partial charge >= 0.3 is 12.1 Å². The van der Waals surface area contributed by atoms with E-state index in [1.54, 1.807) is 38.1 Å². The molecule has 0 saturated carbocycles. The molecule has 0 N–H and O–H groups in total. The molecule has 0 aliphatic carbocycles. The Balaban J connectivity index is 0.00000363. The van der Waals surface area contributed by atoms with Crippen molar-refractivity contribution in [2.45, 2.75) is 120 Å². The number of nitrogens with zero attached hydrogens (tertiary/aromatic N) is 3. The van der Waals surface area contributed by atoms with E-state index in [-0.39, 0.29) is 37.2 Å². The quantitative estimate of drug-likeness (QED) is 0.174. The zero-order valence-electron chi connectivity index (χ0n) is 31.8. The van der Waals surface area contributed by atoms with Crippen LogP contribution in [0.3, 0.4) is 0 Å². The molecule has 0 radical (unpaired) electrons. The van der Waals surface area contributed by atoms with Gasteiger partial charge in [-0.05, 0) is 49.9 Å². The molecule has 1 aliphatic rings. The van der Waals surface area contributed by atoms with Crippen molar-refractivity contribution < 1.29 is 41.3 Å². The number of carbonyl (C=O) groups is 2. The molecule has 0 amide bonds. The fourth-order valence-electron chi connectivity index (χ4n) is 4.38. The Morgan fingerprint density at radius 1 is 1.02 bits per heavy atom. The summed E-state index contributed by atoms with van der Waals surface area (Å²) < 4.78 is 61.1. The van der Waals surface area contributed by atoms with E-state index >= 15 is 0 Å². The van der Waals surface area contributed by atoms with E-state index in [2.05, 4.69) is 9.97 Å². The summed E-state index contributed by atoms with van der Waals surface area (Å²) >= 11 is 0. The lowest BCUT2D eigenvalue weighted by Gasteiger charge is -2.39. The van der Waals surface area contributed by atoms with Gasteiger partial charge in [-0.25, -0.2) is 31.9 Å². The maximum absolute atomic E-state index is 13.8.